The Bertz CT molecular complexity index is 356. The van der Waals surface area contributed by atoms with Gasteiger partial charge >= 0.3 is 0 Å². The van der Waals surface area contributed by atoms with E-state index < -0.39 is 0 Å². The van der Waals surface area contributed by atoms with E-state index in [1.807, 2.05) is 20.9 Å². The zero-order valence-electron chi connectivity index (χ0n) is 14.2. The predicted molar refractivity (Wildman–Crippen MR) is 87.6 cm³/mol. The van der Waals surface area contributed by atoms with Crippen LogP contribution in [0.5, 0.6) is 0 Å². The van der Waals surface area contributed by atoms with E-state index in [9.17, 15) is 4.79 Å². The predicted octanol–water partition coefficient (Wildman–Crippen LogP) is 1.49. The maximum atomic E-state index is 12.1. The third-order valence-electron chi connectivity index (χ3n) is 4.43. The van der Waals surface area contributed by atoms with Gasteiger partial charge < -0.3 is 10.6 Å². The molecule has 0 spiro atoms. The molecule has 122 valence electrons. The van der Waals surface area contributed by atoms with E-state index in [2.05, 4.69) is 35.0 Å². The van der Waals surface area contributed by atoms with Crippen LogP contribution in [0.1, 0.15) is 40.0 Å². The molecule has 3 atom stereocenters. The summed E-state index contributed by atoms with van der Waals surface area (Å²) in [6.07, 6.45) is 5.28. The molecule has 0 aromatic rings. The first-order chi connectivity index (χ1) is 9.97. The SMILES string of the molecule is CCN/C=C(/C)C(=O)NC1CC(CCN(C)NC)CC1C. The summed E-state index contributed by atoms with van der Waals surface area (Å²) in [5.41, 5.74) is 3.88. The average molecular weight is 296 g/mol. The van der Waals surface area contributed by atoms with Crippen molar-refractivity contribution in [3.63, 3.8) is 0 Å². The maximum absolute atomic E-state index is 12.1. The van der Waals surface area contributed by atoms with Gasteiger partial charge in [-0.2, -0.15) is 0 Å². The van der Waals surface area contributed by atoms with Crippen molar-refractivity contribution in [2.24, 2.45) is 11.8 Å². The fourth-order valence-corrected chi connectivity index (χ4v) is 2.91. The molecule has 0 aromatic heterocycles. The molecule has 21 heavy (non-hydrogen) atoms. The van der Waals surface area contributed by atoms with Crippen molar-refractivity contribution in [1.82, 2.24) is 21.1 Å². The van der Waals surface area contributed by atoms with Gasteiger partial charge in [0.25, 0.3) is 0 Å². The first-order valence-electron chi connectivity index (χ1n) is 8.07. The summed E-state index contributed by atoms with van der Waals surface area (Å²) in [6.45, 7) is 8.01. The molecule has 0 bridgehead atoms. The highest BCUT2D eigenvalue weighted by Crippen LogP contribution is 2.33. The Hall–Kier alpha value is -1.07. The molecule has 1 rings (SSSR count). The number of amides is 1. The van der Waals surface area contributed by atoms with Crippen LogP contribution >= 0.6 is 0 Å². The Labute approximate surface area is 129 Å². The highest BCUT2D eigenvalue weighted by atomic mass is 16.1. The molecule has 1 saturated carbocycles. The highest BCUT2D eigenvalue weighted by Gasteiger charge is 2.32. The molecule has 0 saturated heterocycles. The zero-order chi connectivity index (χ0) is 15.8. The minimum absolute atomic E-state index is 0.0563. The van der Waals surface area contributed by atoms with Gasteiger partial charge in [0.1, 0.15) is 0 Å². The van der Waals surface area contributed by atoms with Gasteiger partial charge in [0, 0.05) is 38.0 Å². The lowest BCUT2D eigenvalue weighted by atomic mass is 10.0. The van der Waals surface area contributed by atoms with E-state index in [1.165, 1.54) is 12.8 Å². The quantitative estimate of drug-likeness (QED) is 0.469. The molecular weight excluding hydrogens is 264 g/mol. The summed E-state index contributed by atoms with van der Waals surface area (Å²) in [5, 5.41) is 8.38. The standard InChI is InChI=1S/C16H32N4O/c1-6-18-11-13(3)16(21)19-15-10-14(9-12(15)2)7-8-20(5)17-4/h11-12,14-15,17-18H,6-10H2,1-5H3,(H,19,21)/b13-11-. The molecule has 1 aliphatic rings. The summed E-state index contributed by atoms with van der Waals surface area (Å²) in [5.74, 6) is 1.32. The molecule has 3 N–H and O–H groups in total. The number of hydrazine groups is 1. The molecule has 0 radical (unpaired) electrons. The summed E-state index contributed by atoms with van der Waals surface area (Å²) < 4.78 is 0. The second-order valence-corrected chi connectivity index (χ2v) is 6.21. The van der Waals surface area contributed by atoms with Gasteiger partial charge in [-0.1, -0.05) is 6.92 Å². The Morgan fingerprint density at radius 2 is 2.10 bits per heavy atom. The van der Waals surface area contributed by atoms with Crippen molar-refractivity contribution >= 4 is 5.91 Å². The number of hydrogen-bond acceptors (Lipinski definition) is 4. The van der Waals surface area contributed by atoms with E-state index in [0.29, 0.717) is 17.9 Å². The molecule has 0 aliphatic heterocycles. The fourth-order valence-electron chi connectivity index (χ4n) is 2.91. The third-order valence-corrected chi connectivity index (χ3v) is 4.43. The number of rotatable bonds is 8. The lowest BCUT2D eigenvalue weighted by Crippen LogP contribution is -2.37. The Kier molecular flexibility index (Phi) is 7.75. The van der Waals surface area contributed by atoms with Crippen LogP contribution in [-0.4, -0.2) is 44.1 Å². The average Bonchev–Trinajstić information content (AvgIpc) is 2.82. The van der Waals surface area contributed by atoms with E-state index >= 15 is 0 Å². The van der Waals surface area contributed by atoms with E-state index in [4.69, 9.17) is 0 Å². The van der Waals surface area contributed by atoms with Crippen LogP contribution in [0.2, 0.25) is 0 Å². The maximum Gasteiger partial charge on any atom is 0.248 e. The molecule has 1 amide bonds. The van der Waals surface area contributed by atoms with Crippen molar-refractivity contribution in [3.05, 3.63) is 11.8 Å². The van der Waals surface area contributed by atoms with Crippen molar-refractivity contribution in [3.8, 4) is 0 Å². The number of hydrogen-bond donors (Lipinski definition) is 3. The van der Waals surface area contributed by atoms with Gasteiger partial charge in [-0.25, -0.2) is 5.01 Å². The van der Waals surface area contributed by atoms with Crippen LogP contribution in [0.3, 0.4) is 0 Å². The summed E-state index contributed by atoms with van der Waals surface area (Å²) in [4.78, 5) is 12.1. The van der Waals surface area contributed by atoms with Crippen LogP contribution in [0.15, 0.2) is 11.8 Å². The monoisotopic (exact) mass is 296 g/mol. The first-order valence-corrected chi connectivity index (χ1v) is 8.07. The van der Waals surface area contributed by atoms with Crippen LogP contribution in [-0.2, 0) is 4.79 Å². The number of nitrogens with one attached hydrogen (secondary N) is 3. The summed E-state index contributed by atoms with van der Waals surface area (Å²) in [6, 6.07) is 0.312. The lowest BCUT2D eigenvalue weighted by molar-refractivity contribution is -0.118. The number of carbonyl (C=O) groups is 1. The summed E-state index contributed by atoms with van der Waals surface area (Å²) >= 11 is 0. The highest BCUT2D eigenvalue weighted by molar-refractivity contribution is 5.92. The minimum Gasteiger partial charge on any atom is -0.391 e. The van der Waals surface area contributed by atoms with Crippen molar-refractivity contribution < 1.29 is 4.79 Å². The second kappa shape index (κ2) is 9.05. The van der Waals surface area contributed by atoms with Gasteiger partial charge in [0.15, 0.2) is 0 Å². The first kappa shape index (κ1) is 18.0. The normalized spacial score (nSPS) is 26.2. The molecule has 5 heteroatoms. The van der Waals surface area contributed by atoms with E-state index in [1.54, 1.807) is 6.20 Å². The van der Waals surface area contributed by atoms with Crippen molar-refractivity contribution in [2.75, 3.05) is 27.2 Å². The van der Waals surface area contributed by atoms with Gasteiger partial charge in [0.05, 0.1) is 0 Å². The van der Waals surface area contributed by atoms with Gasteiger partial charge in [-0.05, 0) is 52.0 Å². The Morgan fingerprint density at radius 1 is 1.38 bits per heavy atom. The number of carbonyl (C=O) groups excluding carboxylic acids is 1. The van der Waals surface area contributed by atoms with E-state index in [-0.39, 0.29) is 5.91 Å². The Balaban J connectivity index is 2.41. The third kappa shape index (κ3) is 6.06. The second-order valence-electron chi connectivity index (χ2n) is 6.21. The molecule has 0 aromatic carbocycles. The lowest BCUT2D eigenvalue weighted by Gasteiger charge is -2.18. The van der Waals surface area contributed by atoms with Crippen molar-refractivity contribution in [1.29, 1.82) is 0 Å². The molecule has 0 heterocycles. The largest absolute Gasteiger partial charge is 0.391 e. The smallest absolute Gasteiger partial charge is 0.248 e. The van der Waals surface area contributed by atoms with Crippen LogP contribution < -0.4 is 16.1 Å². The van der Waals surface area contributed by atoms with Gasteiger partial charge in [0.2, 0.25) is 5.91 Å². The van der Waals surface area contributed by atoms with Crippen LogP contribution in [0.4, 0.5) is 0 Å². The van der Waals surface area contributed by atoms with Gasteiger partial charge in [-0.3, -0.25) is 10.2 Å². The van der Waals surface area contributed by atoms with E-state index in [0.717, 1.165) is 25.1 Å². The van der Waals surface area contributed by atoms with Gasteiger partial charge in [-0.15, -0.1) is 0 Å². The molecule has 3 unspecified atom stereocenters. The zero-order valence-corrected chi connectivity index (χ0v) is 14.2. The fraction of sp³-hybridized carbons (Fsp3) is 0.812. The molecule has 1 aliphatic carbocycles. The summed E-state index contributed by atoms with van der Waals surface area (Å²) in [7, 11) is 4.01. The topological polar surface area (TPSA) is 56.4 Å². The molecular formula is C16H32N4O. The number of nitrogens with zero attached hydrogens (tertiary/aromatic N) is 1. The van der Waals surface area contributed by atoms with Crippen molar-refractivity contribution in [2.45, 2.75) is 46.1 Å². The molecule has 5 nitrogen and oxygen atoms in total. The van der Waals surface area contributed by atoms with Crippen LogP contribution in [0.25, 0.3) is 0 Å². The Morgan fingerprint density at radius 3 is 2.71 bits per heavy atom. The molecule has 1 fully saturated rings. The van der Waals surface area contributed by atoms with Crippen LogP contribution in [0, 0.1) is 11.8 Å². The minimum atomic E-state index is 0.0563.